The predicted octanol–water partition coefficient (Wildman–Crippen LogP) is 2.99. The largest absolute Gasteiger partial charge is 0.317 e. The van der Waals surface area contributed by atoms with Crippen LogP contribution in [0.1, 0.15) is 48.5 Å². The Bertz CT molecular complexity index is 376. The first kappa shape index (κ1) is 12.3. The molecule has 1 aliphatic rings. The molecule has 1 aliphatic heterocycles. The maximum absolute atomic E-state index is 11.2. The van der Waals surface area contributed by atoms with Crippen LogP contribution in [0.2, 0.25) is 0 Å². The predicted molar refractivity (Wildman–Crippen MR) is 70.5 cm³/mol. The molecule has 1 aromatic rings. The van der Waals surface area contributed by atoms with Crippen molar-refractivity contribution >= 4 is 5.78 Å². The van der Waals surface area contributed by atoms with E-state index in [9.17, 15) is 4.79 Å². The summed E-state index contributed by atoms with van der Waals surface area (Å²) < 4.78 is 0. The summed E-state index contributed by atoms with van der Waals surface area (Å²) in [6.45, 7) is 6.20. The van der Waals surface area contributed by atoms with Gasteiger partial charge in [0, 0.05) is 5.56 Å². The smallest absolute Gasteiger partial charge is 0.159 e. The van der Waals surface area contributed by atoms with Gasteiger partial charge in [-0.15, -0.1) is 0 Å². The van der Waals surface area contributed by atoms with Gasteiger partial charge >= 0.3 is 0 Å². The van der Waals surface area contributed by atoms with Gasteiger partial charge in [0.2, 0.25) is 0 Å². The number of hydrogen-bond acceptors (Lipinski definition) is 2. The van der Waals surface area contributed by atoms with Gasteiger partial charge in [0.05, 0.1) is 0 Å². The molecule has 2 rings (SSSR count). The molecule has 1 saturated heterocycles. The van der Waals surface area contributed by atoms with Crippen molar-refractivity contribution in [1.29, 1.82) is 0 Å². The summed E-state index contributed by atoms with van der Waals surface area (Å²) in [5.41, 5.74) is 2.17. The molecule has 0 spiro atoms. The van der Waals surface area contributed by atoms with Crippen molar-refractivity contribution in [2.45, 2.75) is 32.6 Å². The zero-order chi connectivity index (χ0) is 12.3. The van der Waals surface area contributed by atoms with Gasteiger partial charge in [0.25, 0.3) is 0 Å². The van der Waals surface area contributed by atoms with Gasteiger partial charge in [-0.05, 0) is 50.3 Å². The van der Waals surface area contributed by atoms with Crippen molar-refractivity contribution in [1.82, 2.24) is 5.32 Å². The number of hydrogen-bond donors (Lipinski definition) is 1. The van der Waals surface area contributed by atoms with Gasteiger partial charge in [-0.1, -0.05) is 31.2 Å². The van der Waals surface area contributed by atoms with Crippen molar-refractivity contribution < 1.29 is 4.79 Å². The fourth-order valence-electron chi connectivity index (χ4n) is 2.64. The van der Waals surface area contributed by atoms with E-state index in [0.29, 0.717) is 5.92 Å². The second-order valence-electron chi connectivity index (χ2n) is 5.05. The second-order valence-corrected chi connectivity index (χ2v) is 5.05. The third-order valence-electron chi connectivity index (χ3n) is 3.93. The fraction of sp³-hybridized carbons (Fsp3) is 0.533. The first-order valence-electron chi connectivity index (χ1n) is 6.50. The highest BCUT2D eigenvalue weighted by Crippen LogP contribution is 2.30. The van der Waals surface area contributed by atoms with Crippen molar-refractivity contribution in [3.05, 3.63) is 35.4 Å². The van der Waals surface area contributed by atoms with Crippen LogP contribution in [-0.4, -0.2) is 18.9 Å². The monoisotopic (exact) mass is 231 g/mol. The number of carbonyl (C=O) groups excluding carboxylic acids is 1. The van der Waals surface area contributed by atoms with Crippen LogP contribution in [0.3, 0.4) is 0 Å². The molecule has 92 valence electrons. The topological polar surface area (TPSA) is 29.1 Å². The molecule has 0 radical (unpaired) electrons. The standard InChI is InChI=1S/C15H21NO/c1-11(14-7-9-16-10-8-14)13-3-5-15(6-4-13)12(2)17/h3-6,11,14,16H,7-10H2,1-2H3. The highest BCUT2D eigenvalue weighted by Gasteiger charge is 2.20. The number of ketones is 1. The summed E-state index contributed by atoms with van der Waals surface area (Å²) in [6.07, 6.45) is 2.52. The lowest BCUT2D eigenvalue weighted by atomic mass is 9.81. The second kappa shape index (κ2) is 5.46. The molecule has 1 atom stereocenters. The van der Waals surface area contributed by atoms with Crippen LogP contribution in [0.15, 0.2) is 24.3 Å². The molecule has 1 fully saturated rings. The van der Waals surface area contributed by atoms with Gasteiger partial charge in [-0.2, -0.15) is 0 Å². The SMILES string of the molecule is CC(=O)c1ccc(C(C)C2CCNCC2)cc1. The first-order valence-corrected chi connectivity index (χ1v) is 6.50. The zero-order valence-electron chi connectivity index (χ0n) is 10.7. The van der Waals surface area contributed by atoms with Crippen LogP contribution in [0.4, 0.5) is 0 Å². The van der Waals surface area contributed by atoms with Gasteiger partial charge in [0.15, 0.2) is 5.78 Å². The van der Waals surface area contributed by atoms with E-state index in [2.05, 4.69) is 24.4 Å². The molecule has 1 aromatic carbocycles. The summed E-state index contributed by atoms with van der Waals surface area (Å²) in [6, 6.07) is 8.14. The molecule has 1 unspecified atom stereocenters. The number of benzene rings is 1. The van der Waals surface area contributed by atoms with E-state index < -0.39 is 0 Å². The zero-order valence-corrected chi connectivity index (χ0v) is 10.7. The molecule has 17 heavy (non-hydrogen) atoms. The van der Waals surface area contributed by atoms with Crippen LogP contribution >= 0.6 is 0 Å². The van der Waals surface area contributed by atoms with Crippen LogP contribution in [0, 0.1) is 5.92 Å². The average Bonchev–Trinajstić information content (AvgIpc) is 2.39. The Morgan fingerprint density at radius 1 is 1.24 bits per heavy atom. The Labute approximate surface area is 103 Å². The Hall–Kier alpha value is -1.15. The molecule has 0 saturated carbocycles. The van der Waals surface area contributed by atoms with Gasteiger partial charge < -0.3 is 5.32 Å². The molecular weight excluding hydrogens is 210 g/mol. The highest BCUT2D eigenvalue weighted by molar-refractivity contribution is 5.94. The Kier molecular flexibility index (Phi) is 3.95. The molecule has 2 nitrogen and oxygen atoms in total. The third kappa shape index (κ3) is 2.95. The van der Waals surface area contributed by atoms with Gasteiger partial charge in [-0.3, -0.25) is 4.79 Å². The van der Waals surface area contributed by atoms with E-state index in [-0.39, 0.29) is 5.78 Å². The minimum atomic E-state index is 0.145. The average molecular weight is 231 g/mol. The lowest BCUT2D eigenvalue weighted by Crippen LogP contribution is -2.30. The van der Waals surface area contributed by atoms with Crippen molar-refractivity contribution in [3.8, 4) is 0 Å². The maximum Gasteiger partial charge on any atom is 0.159 e. The molecule has 0 bridgehead atoms. The fourth-order valence-corrected chi connectivity index (χ4v) is 2.64. The molecule has 1 heterocycles. The highest BCUT2D eigenvalue weighted by atomic mass is 16.1. The van der Waals surface area contributed by atoms with Crippen LogP contribution in [0.25, 0.3) is 0 Å². The molecular formula is C15H21NO. The van der Waals surface area contributed by atoms with Crippen LogP contribution in [-0.2, 0) is 0 Å². The number of Topliss-reactive ketones (excluding diaryl/α,β-unsaturated/α-hetero) is 1. The molecule has 0 amide bonds. The van der Waals surface area contributed by atoms with E-state index in [1.807, 2.05) is 12.1 Å². The lowest BCUT2D eigenvalue weighted by Gasteiger charge is -2.28. The summed E-state index contributed by atoms with van der Waals surface area (Å²) in [7, 11) is 0. The van der Waals surface area contributed by atoms with Crippen LogP contribution < -0.4 is 5.32 Å². The number of nitrogens with one attached hydrogen (secondary N) is 1. The molecule has 2 heteroatoms. The minimum absolute atomic E-state index is 0.145. The van der Waals surface area contributed by atoms with E-state index >= 15 is 0 Å². The summed E-state index contributed by atoms with van der Waals surface area (Å²) in [5.74, 6) is 1.52. The Balaban J connectivity index is 2.07. The molecule has 0 aliphatic carbocycles. The number of piperidine rings is 1. The first-order chi connectivity index (χ1) is 8.18. The normalized spacial score (nSPS) is 18.9. The maximum atomic E-state index is 11.2. The van der Waals surface area contributed by atoms with Crippen molar-refractivity contribution in [3.63, 3.8) is 0 Å². The van der Waals surface area contributed by atoms with E-state index in [1.165, 1.54) is 18.4 Å². The van der Waals surface area contributed by atoms with Gasteiger partial charge in [0.1, 0.15) is 0 Å². The Morgan fingerprint density at radius 3 is 2.35 bits per heavy atom. The molecule has 0 aromatic heterocycles. The minimum Gasteiger partial charge on any atom is -0.317 e. The number of carbonyl (C=O) groups is 1. The number of rotatable bonds is 3. The van der Waals surface area contributed by atoms with Crippen molar-refractivity contribution in [2.24, 2.45) is 5.92 Å². The van der Waals surface area contributed by atoms with Crippen molar-refractivity contribution in [2.75, 3.05) is 13.1 Å². The van der Waals surface area contributed by atoms with E-state index in [0.717, 1.165) is 24.6 Å². The summed E-state index contributed by atoms with van der Waals surface area (Å²) in [5, 5.41) is 3.40. The Morgan fingerprint density at radius 2 is 1.82 bits per heavy atom. The third-order valence-corrected chi connectivity index (χ3v) is 3.93. The van der Waals surface area contributed by atoms with Crippen LogP contribution in [0.5, 0.6) is 0 Å². The van der Waals surface area contributed by atoms with Gasteiger partial charge in [-0.25, -0.2) is 0 Å². The quantitative estimate of drug-likeness (QED) is 0.810. The summed E-state index contributed by atoms with van der Waals surface area (Å²) in [4.78, 5) is 11.2. The van der Waals surface area contributed by atoms with E-state index in [4.69, 9.17) is 0 Å². The lowest BCUT2D eigenvalue weighted by molar-refractivity contribution is 0.101. The summed E-state index contributed by atoms with van der Waals surface area (Å²) >= 11 is 0. The molecule has 1 N–H and O–H groups in total. The van der Waals surface area contributed by atoms with E-state index in [1.54, 1.807) is 6.92 Å².